The van der Waals surface area contributed by atoms with Crippen LogP contribution in [-0.2, 0) is 4.79 Å². The smallest absolute Gasteiger partial charge is 0.337 e. The molecule has 1 amide bonds. The molecule has 86 valence electrons. The number of nitrogens with zero attached hydrogens (tertiary/aromatic N) is 1. The molecule has 1 aromatic rings. The van der Waals surface area contributed by atoms with Gasteiger partial charge in [0.25, 0.3) is 5.91 Å². The highest BCUT2D eigenvalue weighted by Gasteiger charge is 2.15. The number of carbonyl (C=O) groups excluding carboxylic acids is 1. The molecule has 0 bridgehead atoms. The molecule has 0 aromatic heterocycles. The number of hydrogen-bond acceptors (Lipinski definition) is 3. The van der Waals surface area contributed by atoms with Crippen molar-refractivity contribution in [3.05, 3.63) is 41.6 Å². The summed E-state index contributed by atoms with van der Waals surface area (Å²) in [7, 11) is 0. The van der Waals surface area contributed by atoms with Gasteiger partial charge in [-0.1, -0.05) is 12.1 Å². The summed E-state index contributed by atoms with van der Waals surface area (Å²) in [5.41, 5.74) is 0.878. The molecule has 5 heteroatoms. The Balaban J connectivity index is 2.18. The molecule has 1 aromatic carbocycles. The van der Waals surface area contributed by atoms with E-state index in [1.807, 2.05) is 0 Å². The van der Waals surface area contributed by atoms with Crippen LogP contribution in [0.3, 0.4) is 0 Å². The Morgan fingerprint density at radius 3 is 2.71 bits per heavy atom. The number of carboxylic acid groups (broad SMARTS) is 1. The maximum absolute atomic E-state index is 11.7. The minimum atomic E-state index is -1.07. The molecule has 0 saturated carbocycles. The van der Waals surface area contributed by atoms with Gasteiger partial charge in [-0.15, -0.1) is 0 Å². The van der Waals surface area contributed by atoms with Crippen LogP contribution in [-0.4, -0.2) is 23.2 Å². The Morgan fingerprint density at radius 2 is 2.06 bits per heavy atom. The molecule has 1 heterocycles. The number of amides is 1. The number of aliphatic imine (C=N–C) groups is 1. The molecule has 0 radical (unpaired) electrons. The van der Waals surface area contributed by atoms with Crippen molar-refractivity contribution in [2.24, 2.45) is 4.99 Å². The summed E-state index contributed by atoms with van der Waals surface area (Å²) in [4.78, 5) is 26.5. The van der Waals surface area contributed by atoms with Crippen molar-refractivity contribution in [2.75, 3.05) is 5.32 Å². The zero-order valence-corrected chi connectivity index (χ0v) is 8.88. The van der Waals surface area contributed by atoms with E-state index in [4.69, 9.17) is 5.11 Å². The molecule has 2 rings (SSSR count). The van der Waals surface area contributed by atoms with Crippen molar-refractivity contribution in [1.29, 1.82) is 0 Å². The first-order valence-electron chi connectivity index (χ1n) is 5.03. The monoisotopic (exact) mass is 230 g/mol. The normalized spacial score (nSPS) is 13.3. The maximum atomic E-state index is 11.7. The second-order valence-corrected chi connectivity index (χ2v) is 3.49. The highest BCUT2D eigenvalue weighted by molar-refractivity contribution is 6.09. The van der Waals surface area contributed by atoms with Gasteiger partial charge in [0.15, 0.2) is 0 Å². The quantitative estimate of drug-likeness (QED) is 0.829. The summed E-state index contributed by atoms with van der Waals surface area (Å²) in [6.45, 7) is 0. The van der Waals surface area contributed by atoms with E-state index in [2.05, 4.69) is 10.3 Å². The fourth-order valence-corrected chi connectivity index (χ4v) is 1.48. The van der Waals surface area contributed by atoms with Crippen molar-refractivity contribution in [3.63, 3.8) is 0 Å². The lowest BCUT2D eigenvalue weighted by molar-refractivity contribution is -0.112. The molecule has 1 aliphatic rings. The van der Waals surface area contributed by atoms with Gasteiger partial charge in [-0.05, 0) is 12.1 Å². The third-order valence-corrected chi connectivity index (χ3v) is 2.34. The fourth-order valence-electron chi connectivity index (χ4n) is 1.48. The van der Waals surface area contributed by atoms with Crippen LogP contribution in [0.2, 0.25) is 0 Å². The highest BCUT2D eigenvalue weighted by atomic mass is 16.4. The average Bonchev–Trinajstić information content (AvgIpc) is 2.83. The number of aromatic carboxylic acids is 1. The molecule has 5 nitrogen and oxygen atoms in total. The molecule has 2 N–H and O–H groups in total. The zero-order chi connectivity index (χ0) is 12.3. The predicted molar refractivity (Wildman–Crippen MR) is 63.2 cm³/mol. The summed E-state index contributed by atoms with van der Waals surface area (Å²) >= 11 is 0. The molecule has 0 fully saturated rings. The lowest BCUT2D eigenvalue weighted by Crippen LogP contribution is -2.16. The van der Waals surface area contributed by atoms with E-state index < -0.39 is 5.97 Å². The van der Waals surface area contributed by atoms with Gasteiger partial charge in [0.1, 0.15) is 0 Å². The lowest BCUT2D eigenvalue weighted by Gasteiger charge is -2.08. The summed E-state index contributed by atoms with van der Waals surface area (Å²) in [6, 6.07) is 6.27. The summed E-state index contributed by atoms with van der Waals surface area (Å²) in [5.74, 6) is -1.39. The minimum Gasteiger partial charge on any atom is -0.478 e. The minimum absolute atomic E-state index is 0.0698. The van der Waals surface area contributed by atoms with E-state index in [0.717, 1.165) is 0 Å². The molecule has 0 spiro atoms. The molecule has 0 saturated heterocycles. The molecular weight excluding hydrogens is 220 g/mol. The van der Waals surface area contributed by atoms with Crippen LogP contribution in [0.5, 0.6) is 0 Å². The number of anilines is 1. The zero-order valence-electron chi connectivity index (χ0n) is 8.88. The fraction of sp³-hybridized carbons (Fsp3) is 0.0833. The van der Waals surface area contributed by atoms with Crippen LogP contribution < -0.4 is 5.32 Å². The van der Waals surface area contributed by atoms with Crippen LogP contribution in [0, 0.1) is 0 Å². The SMILES string of the molecule is O=C(Nc1ccccc1C(=O)O)C1=CN=CC1. The van der Waals surface area contributed by atoms with E-state index in [-0.39, 0.29) is 17.2 Å². The Morgan fingerprint density at radius 1 is 1.29 bits per heavy atom. The van der Waals surface area contributed by atoms with Crippen LogP contribution in [0.25, 0.3) is 0 Å². The second-order valence-electron chi connectivity index (χ2n) is 3.49. The van der Waals surface area contributed by atoms with Crippen LogP contribution >= 0.6 is 0 Å². The van der Waals surface area contributed by atoms with Gasteiger partial charge < -0.3 is 10.4 Å². The predicted octanol–water partition coefficient (Wildman–Crippen LogP) is 1.68. The van der Waals surface area contributed by atoms with Gasteiger partial charge in [-0.25, -0.2) is 4.79 Å². The number of benzene rings is 1. The largest absolute Gasteiger partial charge is 0.478 e. The van der Waals surface area contributed by atoms with Crippen molar-refractivity contribution < 1.29 is 14.7 Å². The van der Waals surface area contributed by atoms with Crippen molar-refractivity contribution in [2.45, 2.75) is 6.42 Å². The third kappa shape index (κ3) is 2.39. The van der Waals surface area contributed by atoms with Gasteiger partial charge in [0.05, 0.1) is 11.3 Å². The van der Waals surface area contributed by atoms with E-state index in [9.17, 15) is 9.59 Å². The van der Waals surface area contributed by atoms with Crippen LogP contribution in [0.4, 0.5) is 5.69 Å². The Kier molecular flexibility index (Phi) is 3.00. The first-order valence-corrected chi connectivity index (χ1v) is 5.03. The van der Waals surface area contributed by atoms with Crippen LogP contribution in [0.1, 0.15) is 16.8 Å². The van der Waals surface area contributed by atoms with Crippen molar-refractivity contribution >= 4 is 23.8 Å². The summed E-state index contributed by atoms with van der Waals surface area (Å²) in [6.07, 6.45) is 3.57. The standard InChI is InChI=1S/C12H10N2O3/c15-11(8-5-6-13-7-8)14-10-4-2-1-3-9(10)12(16)17/h1-4,6-7H,5H2,(H,14,15)(H,16,17). The number of carboxylic acids is 1. The number of carbonyl (C=O) groups is 2. The van der Waals surface area contributed by atoms with Gasteiger partial charge >= 0.3 is 5.97 Å². The van der Waals surface area contributed by atoms with E-state index in [1.165, 1.54) is 12.3 Å². The van der Waals surface area contributed by atoms with Crippen LogP contribution in [0.15, 0.2) is 41.0 Å². The molecule has 17 heavy (non-hydrogen) atoms. The second kappa shape index (κ2) is 4.61. The Hall–Kier alpha value is -2.43. The number of hydrogen-bond donors (Lipinski definition) is 2. The topological polar surface area (TPSA) is 78.8 Å². The highest BCUT2D eigenvalue weighted by Crippen LogP contribution is 2.17. The third-order valence-electron chi connectivity index (χ3n) is 2.34. The number of rotatable bonds is 3. The summed E-state index contributed by atoms with van der Waals surface area (Å²) in [5, 5.41) is 11.5. The molecule has 1 aliphatic heterocycles. The lowest BCUT2D eigenvalue weighted by atomic mass is 10.1. The number of nitrogens with one attached hydrogen (secondary N) is 1. The molecular formula is C12H10N2O3. The maximum Gasteiger partial charge on any atom is 0.337 e. The molecule has 0 atom stereocenters. The van der Waals surface area contributed by atoms with Gasteiger partial charge in [-0.2, -0.15) is 0 Å². The van der Waals surface area contributed by atoms with Gasteiger partial charge in [0.2, 0.25) is 0 Å². The first kappa shape index (κ1) is 11.1. The first-order chi connectivity index (χ1) is 8.18. The van der Waals surface area contributed by atoms with E-state index in [1.54, 1.807) is 24.4 Å². The van der Waals surface area contributed by atoms with Crippen molar-refractivity contribution in [3.8, 4) is 0 Å². The Bertz CT molecular complexity index is 532. The van der Waals surface area contributed by atoms with E-state index in [0.29, 0.717) is 12.0 Å². The Labute approximate surface area is 97.5 Å². The average molecular weight is 230 g/mol. The van der Waals surface area contributed by atoms with Gasteiger partial charge in [0, 0.05) is 24.4 Å². The van der Waals surface area contributed by atoms with E-state index >= 15 is 0 Å². The van der Waals surface area contributed by atoms with Crippen molar-refractivity contribution in [1.82, 2.24) is 0 Å². The summed E-state index contributed by atoms with van der Waals surface area (Å²) < 4.78 is 0. The van der Waals surface area contributed by atoms with Gasteiger partial charge in [-0.3, -0.25) is 9.79 Å². The number of para-hydroxylation sites is 1. The molecule has 0 aliphatic carbocycles. The molecule has 0 unspecified atom stereocenters.